The lowest BCUT2D eigenvalue weighted by atomic mass is 10.0. The smallest absolute Gasteiger partial charge is 0.251 e. The number of carbonyl (C=O) groups excluding carboxylic acids is 1. The van der Waals surface area contributed by atoms with Gasteiger partial charge in [-0.15, -0.1) is 0 Å². The number of benzene rings is 1. The third-order valence-electron chi connectivity index (χ3n) is 6.93. The quantitative estimate of drug-likeness (QED) is 0.461. The molecule has 0 bridgehead atoms. The molecule has 0 aliphatic carbocycles. The van der Waals surface area contributed by atoms with Gasteiger partial charge in [-0.05, 0) is 36.2 Å². The summed E-state index contributed by atoms with van der Waals surface area (Å²) in [4.78, 5) is 18.9. The first kappa shape index (κ1) is 24.4. The molecule has 2 fully saturated rings. The normalized spacial score (nSPS) is 22.2. The van der Waals surface area contributed by atoms with Crippen molar-refractivity contribution in [2.24, 2.45) is 0 Å². The zero-order valence-corrected chi connectivity index (χ0v) is 19.7. The summed E-state index contributed by atoms with van der Waals surface area (Å²) in [5.74, 6) is -3.59. The molecule has 1 aromatic carbocycles. The van der Waals surface area contributed by atoms with E-state index in [0.717, 1.165) is 0 Å². The van der Waals surface area contributed by atoms with Gasteiger partial charge in [-0.3, -0.25) is 9.69 Å². The molecule has 2 aliphatic rings. The number of rotatable bonds is 5. The van der Waals surface area contributed by atoms with Crippen LogP contribution < -0.4 is 16.4 Å². The summed E-state index contributed by atoms with van der Waals surface area (Å²) in [6.45, 7) is 2.81. The number of aromatic nitrogens is 3. The van der Waals surface area contributed by atoms with Crippen molar-refractivity contribution in [2.45, 2.75) is 44.4 Å². The van der Waals surface area contributed by atoms with Gasteiger partial charge in [0.1, 0.15) is 23.8 Å². The van der Waals surface area contributed by atoms with Crippen molar-refractivity contribution in [3.8, 4) is 11.3 Å². The zero-order valence-electron chi connectivity index (χ0n) is 19.7. The molecule has 0 saturated carbocycles. The fraction of sp³-hybridized carbons (Fsp3) is 0.458. The minimum absolute atomic E-state index is 0.108. The number of nitrogens with one attached hydrogen (secondary N) is 2. The lowest BCUT2D eigenvalue weighted by Crippen LogP contribution is -2.41. The molecular formula is C24H27F4N7O. The number of aryl methyl sites for hydroxylation is 1. The molecule has 2 aromatic heterocycles. The van der Waals surface area contributed by atoms with Gasteiger partial charge in [0.25, 0.3) is 11.8 Å². The van der Waals surface area contributed by atoms with Crippen LogP contribution in [-0.4, -0.2) is 69.7 Å². The number of fused-ring (bicyclic) bond motifs is 1. The van der Waals surface area contributed by atoms with Crippen molar-refractivity contribution in [1.82, 2.24) is 30.1 Å². The Hall–Kier alpha value is -3.25. The summed E-state index contributed by atoms with van der Waals surface area (Å²) in [6.07, 6.45) is -0.441. The molecule has 3 aromatic rings. The van der Waals surface area contributed by atoms with Crippen LogP contribution in [-0.2, 0) is 6.54 Å². The largest absolute Gasteiger partial charge is 0.382 e. The van der Waals surface area contributed by atoms with Crippen LogP contribution in [0.1, 0.15) is 34.3 Å². The number of likely N-dealkylation sites (tertiary alicyclic amines) is 1. The summed E-state index contributed by atoms with van der Waals surface area (Å²) >= 11 is 0. The van der Waals surface area contributed by atoms with Crippen LogP contribution in [0.2, 0.25) is 0 Å². The monoisotopic (exact) mass is 505 g/mol. The number of piperidine rings is 1. The van der Waals surface area contributed by atoms with Gasteiger partial charge in [-0.25, -0.2) is 27.1 Å². The predicted octanol–water partition coefficient (Wildman–Crippen LogP) is 2.70. The van der Waals surface area contributed by atoms with E-state index in [1.54, 1.807) is 13.0 Å². The zero-order chi connectivity index (χ0) is 25.6. The summed E-state index contributed by atoms with van der Waals surface area (Å²) < 4.78 is 57.9. The summed E-state index contributed by atoms with van der Waals surface area (Å²) in [6, 6.07) is 3.69. The number of nitrogen functional groups attached to an aromatic ring is 1. The standard InChI is InChI=1S/C24H27F4N7O/c1-13-6-17(25)16(8-15(13)23(36)33-19-10-30-9-18(19)26)20-7-14(21-22(29)31-12-32-35(20)21)11-34-4-2-24(27,28)3-5-34/h6-8,12,18-19,30H,2-5,9-11H2,1H3,(H,33,36)(H2,29,31,32)/t18-,19+/m0/s1. The molecule has 2 aliphatic heterocycles. The third-order valence-corrected chi connectivity index (χ3v) is 6.93. The Bertz CT molecular complexity index is 1300. The third kappa shape index (κ3) is 4.62. The van der Waals surface area contributed by atoms with Gasteiger partial charge in [0.2, 0.25) is 0 Å². The number of nitrogens with zero attached hydrogens (tertiary/aromatic N) is 4. The molecule has 0 unspecified atom stereocenters. The van der Waals surface area contributed by atoms with Crippen LogP contribution in [0, 0.1) is 12.7 Å². The molecule has 192 valence electrons. The van der Waals surface area contributed by atoms with Gasteiger partial charge < -0.3 is 16.4 Å². The van der Waals surface area contributed by atoms with E-state index in [9.17, 15) is 18.0 Å². The number of anilines is 1. The highest BCUT2D eigenvalue weighted by Crippen LogP contribution is 2.34. The van der Waals surface area contributed by atoms with Crippen LogP contribution in [0.5, 0.6) is 0 Å². The van der Waals surface area contributed by atoms with Crippen LogP contribution in [0.15, 0.2) is 24.5 Å². The topological polar surface area (TPSA) is 101 Å². The molecular weight excluding hydrogens is 478 g/mol. The van der Waals surface area contributed by atoms with Gasteiger partial charge in [0.05, 0.1) is 11.7 Å². The molecule has 2 saturated heterocycles. The minimum atomic E-state index is -2.68. The fourth-order valence-electron chi connectivity index (χ4n) is 4.88. The molecule has 36 heavy (non-hydrogen) atoms. The Labute approximate surface area is 204 Å². The van der Waals surface area contributed by atoms with E-state index >= 15 is 4.39 Å². The second kappa shape index (κ2) is 9.32. The van der Waals surface area contributed by atoms with Crippen LogP contribution in [0.25, 0.3) is 16.8 Å². The molecule has 1 amide bonds. The summed E-state index contributed by atoms with van der Waals surface area (Å²) in [7, 11) is 0. The van der Waals surface area contributed by atoms with E-state index in [2.05, 4.69) is 20.7 Å². The van der Waals surface area contributed by atoms with Crippen molar-refractivity contribution in [3.05, 3.63) is 47.0 Å². The highest BCUT2D eigenvalue weighted by Gasteiger charge is 2.34. The molecule has 5 rings (SSSR count). The molecule has 12 heteroatoms. The van der Waals surface area contributed by atoms with Gasteiger partial charge in [0, 0.05) is 56.7 Å². The number of alkyl halides is 3. The average molecular weight is 506 g/mol. The number of halogens is 4. The van der Waals surface area contributed by atoms with Crippen LogP contribution in [0.4, 0.5) is 23.4 Å². The maximum Gasteiger partial charge on any atom is 0.251 e. The number of amides is 1. The first-order valence-corrected chi connectivity index (χ1v) is 11.8. The SMILES string of the molecule is Cc1cc(F)c(-c2cc(CN3CCC(F)(F)CC3)c3c(N)ncnn23)cc1C(=O)N[C@@H]1CNC[C@@H]1F. The molecule has 8 nitrogen and oxygen atoms in total. The molecule has 4 heterocycles. The number of carbonyl (C=O) groups is 1. The van der Waals surface area contributed by atoms with E-state index in [1.165, 1.54) is 23.0 Å². The predicted molar refractivity (Wildman–Crippen MR) is 126 cm³/mol. The minimum Gasteiger partial charge on any atom is -0.382 e. The first-order valence-electron chi connectivity index (χ1n) is 11.8. The summed E-state index contributed by atoms with van der Waals surface area (Å²) in [5, 5.41) is 9.81. The number of hydrogen-bond donors (Lipinski definition) is 3. The highest BCUT2D eigenvalue weighted by molar-refractivity contribution is 5.97. The Morgan fingerprint density at radius 1 is 1.25 bits per heavy atom. The van der Waals surface area contributed by atoms with Crippen LogP contribution in [0.3, 0.4) is 0 Å². The van der Waals surface area contributed by atoms with Gasteiger partial charge in [-0.2, -0.15) is 5.10 Å². The Kier molecular flexibility index (Phi) is 6.33. The van der Waals surface area contributed by atoms with E-state index in [1.807, 2.05) is 4.90 Å². The fourth-order valence-corrected chi connectivity index (χ4v) is 4.88. The van der Waals surface area contributed by atoms with E-state index < -0.39 is 29.9 Å². The average Bonchev–Trinajstić information content (AvgIpc) is 3.39. The van der Waals surface area contributed by atoms with E-state index in [0.29, 0.717) is 35.4 Å². The second-order valence-electron chi connectivity index (χ2n) is 9.49. The number of hydrogen-bond acceptors (Lipinski definition) is 6. The lowest BCUT2D eigenvalue weighted by molar-refractivity contribution is -0.0565. The lowest BCUT2D eigenvalue weighted by Gasteiger charge is -2.31. The Morgan fingerprint density at radius 3 is 2.69 bits per heavy atom. The first-order chi connectivity index (χ1) is 17.1. The summed E-state index contributed by atoms with van der Waals surface area (Å²) in [5.41, 5.74) is 8.31. The van der Waals surface area contributed by atoms with E-state index in [4.69, 9.17) is 5.73 Å². The maximum absolute atomic E-state index is 15.2. The van der Waals surface area contributed by atoms with Crippen molar-refractivity contribution in [3.63, 3.8) is 0 Å². The molecule has 0 spiro atoms. The van der Waals surface area contributed by atoms with Crippen molar-refractivity contribution in [1.29, 1.82) is 0 Å². The molecule has 2 atom stereocenters. The van der Waals surface area contributed by atoms with Crippen molar-refractivity contribution < 1.29 is 22.4 Å². The molecule has 0 radical (unpaired) electrons. The van der Waals surface area contributed by atoms with Crippen LogP contribution >= 0.6 is 0 Å². The highest BCUT2D eigenvalue weighted by atomic mass is 19.3. The Morgan fingerprint density at radius 2 is 2.00 bits per heavy atom. The Balaban J connectivity index is 1.51. The van der Waals surface area contributed by atoms with Crippen molar-refractivity contribution in [2.75, 3.05) is 31.9 Å². The number of nitrogens with two attached hydrogens (primary N) is 1. The van der Waals surface area contributed by atoms with Gasteiger partial charge in [0.15, 0.2) is 5.82 Å². The van der Waals surface area contributed by atoms with Gasteiger partial charge in [-0.1, -0.05) is 0 Å². The maximum atomic E-state index is 15.2. The van der Waals surface area contributed by atoms with Gasteiger partial charge >= 0.3 is 0 Å². The van der Waals surface area contributed by atoms with Crippen molar-refractivity contribution >= 4 is 17.2 Å². The second-order valence-corrected chi connectivity index (χ2v) is 9.49. The molecule has 4 N–H and O–H groups in total. The van der Waals surface area contributed by atoms with E-state index in [-0.39, 0.29) is 49.4 Å².